The molecule has 6 rings (SSSR count). The average molecular weight is 377 g/mol. The lowest BCUT2D eigenvalue weighted by molar-refractivity contribution is 0.941. The minimum atomic E-state index is 0.672. The molecule has 29 heavy (non-hydrogen) atoms. The van der Waals surface area contributed by atoms with Gasteiger partial charge in [0.25, 0.3) is 0 Å². The van der Waals surface area contributed by atoms with Gasteiger partial charge in [-0.05, 0) is 43.3 Å². The maximum atomic E-state index is 4.73. The number of fused-ring (bicyclic) bond motifs is 3. The van der Waals surface area contributed by atoms with E-state index in [1.807, 2.05) is 61.9 Å². The van der Waals surface area contributed by atoms with E-state index >= 15 is 0 Å². The first kappa shape index (κ1) is 15.9. The van der Waals surface area contributed by atoms with E-state index in [0.29, 0.717) is 5.82 Å². The molecule has 5 aromatic heterocycles. The van der Waals surface area contributed by atoms with E-state index in [0.717, 1.165) is 50.1 Å². The molecule has 0 aliphatic heterocycles. The summed E-state index contributed by atoms with van der Waals surface area (Å²) in [7, 11) is 0. The number of nitrogens with one attached hydrogen (secondary N) is 1. The van der Waals surface area contributed by atoms with Crippen molar-refractivity contribution in [2.45, 2.75) is 6.92 Å². The topological polar surface area (TPSA) is 84.7 Å². The number of rotatable bonds is 2. The second kappa shape index (κ2) is 5.93. The summed E-state index contributed by atoms with van der Waals surface area (Å²) < 4.78 is 1.79. The molecular weight excluding hydrogens is 362 g/mol. The molecule has 0 atom stereocenters. The first-order valence-corrected chi connectivity index (χ1v) is 9.27. The molecule has 0 saturated heterocycles. The van der Waals surface area contributed by atoms with Gasteiger partial charge in [-0.15, -0.1) is 0 Å². The Bertz CT molecular complexity index is 1530. The molecule has 1 aromatic carbocycles. The zero-order chi connectivity index (χ0) is 19.4. The van der Waals surface area contributed by atoms with Crippen LogP contribution in [0.25, 0.3) is 50.2 Å². The molecule has 6 aromatic rings. The van der Waals surface area contributed by atoms with Gasteiger partial charge in [0.1, 0.15) is 5.65 Å². The van der Waals surface area contributed by atoms with E-state index in [1.54, 1.807) is 10.7 Å². The number of aromatic nitrogens is 7. The Balaban J connectivity index is 1.45. The van der Waals surface area contributed by atoms with E-state index in [2.05, 4.69) is 31.1 Å². The van der Waals surface area contributed by atoms with Crippen LogP contribution in [0.2, 0.25) is 0 Å². The van der Waals surface area contributed by atoms with Gasteiger partial charge in [-0.25, -0.2) is 19.5 Å². The van der Waals surface area contributed by atoms with Crippen LogP contribution >= 0.6 is 0 Å². The first-order chi connectivity index (χ1) is 14.2. The van der Waals surface area contributed by atoms with E-state index < -0.39 is 0 Å². The minimum absolute atomic E-state index is 0.672. The molecule has 5 heterocycles. The van der Waals surface area contributed by atoms with Crippen molar-refractivity contribution in [2.75, 3.05) is 0 Å². The van der Waals surface area contributed by atoms with Crippen molar-refractivity contribution < 1.29 is 0 Å². The molecule has 0 bridgehead atoms. The van der Waals surface area contributed by atoms with Crippen molar-refractivity contribution in [3.8, 4) is 22.6 Å². The van der Waals surface area contributed by atoms with E-state index in [4.69, 9.17) is 4.98 Å². The zero-order valence-corrected chi connectivity index (χ0v) is 15.5. The van der Waals surface area contributed by atoms with Crippen LogP contribution in [0.4, 0.5) is 0 Å². The van der Waals surface area contributed by atoms with Gasteiger partial charge in [0, 0.05) is 40.5 Å². The fraction of sp³-hybridized carbons (Fsp3) is 0.0455. The predicted octanol–water partition coefficient (Wildman–Crippen LogP) is 4.19. The summed E-state index contributed by atoms with van der Waals surface area (Å²) in [6, 6.07) is 13.9. The second-order valence-corrected chi connectivity index (χ2v) is 6.97. The smallest absolute Gasteiger partial charge is 0.161 e. The van der Waals surface area contributed by atoms with Crippen LogP contribution in [0.3, 0.4) is 0 Å². The van der Waals surface area contributed by atoms with Gasteiger partial charge in [-0.2, -0.15) is 5.10 Å². The molecule has 1 N–H and O–H groups in total. The SMILES string of the molecule is Cc1cn2nc(-c3c[nH]c4nc(-c5ccc6ncccc6c5)ncc34)ccc2n1. The molecule has 0 radical (unpaired) electrons. The van der Waals surface area contributed by atoms with Crippen molar-refractivity contribution in [2.24, 2.45) is 0 Å². The number of aromatic amines is 1. The molecule has 0 saturated carbocycles. The normalized spacial score (nSPS) is 11.6. The van der Waals surface area contributed by atoms with E-state index in [-0.39, 0.29) is 0 Å². The van der Waals surface area contributed by atoms with Crippen molar-refractivity contribution in [3.63, 3.8) is 0 Å². The third-order valence-electron chi connectivity index (χ3n) is 5.01. The van der Waals surface area contributed by atoms with Crippen LogP contribution in [-0.4, -0.2) is 34.5 Å². The molecule has 138 valence electrons. The molecule has 0 aliphatic rings. The minimum Gasteiger partial charge on any atom is -0.345 e. The average Bonchev–Trinajstić information content (AvgIpc) is 3.34. The Morgan fingerprint density at radius 1 is 1.00 bits per heavy atom. The van der Waals surface area contributed by atoms with Crippen molar-refractivity contribution in [3.05, 3.63) is 72.9 Å². The van der Waals surface area contributed by atoms with Crippen molar-refractivity contribution in [1.29, 1.82) is 0 Å². The monoisotopic (exact) mass is 377 g/mol. The van der Waals surface area contributed by atoms with E-state index in [9.17, 15) is 0 Å². The Kier molecular flexibility index (Phi) is 3.25. The van der Waals surface area contributed by atoms with Crippen LogP contribution in [0, 0.1) is 6.92 Å². The summed E-state index contributed by atoms with van der Waals surface area (Å²) in [5.74, 6) is 0.672. The number of hydrogen-bond acceptors (Lipinski definition) is 5. The van der Waals surface area contributed by atoms with Crippen LogP contribution in [0.15, 0.2) is 67.3 Å². The highest BCUT2D eigenvalue weighted by atomic mass is 15.2. The van der Waals surface area contributed by atoms with Crippen LogP contribution in [0.5, 0.6) is 0 Å². The molecule has 0 spiro atoms. The largest absolute Gasteiger partial charge is 0.345 e. The summed E-state index contributed by atoms with van der Waals surface area (Å²) in [5.41, 5.74) is 6.26. The summed E-state index contributed by atoms with van der Waals surface area (Å²) in [6.45, 7) is 1.96. The zero-order valence-electron chi connectivity index (χ0n) is 15.5. The van der Waals surface area contributed by atoms with Crippen LogP contribution in [0.1, 0.15) is 5.69 Å². The van der Waals surface area contributed by atoms with Gasteiger partial charge in [0.2, 0.25) is 0 Å². The van der Waals surface area contributed by atoms with Gasteiger partial charge >= 0.3 is 0 Å². The third-order valence-corrected chi connectivity index (χ3v) is 5.01. The molecule has 7 nitrogen and oxygen atoms in total. The number of benzene rings is 1. The number of aryl methyl sites for hydroxylation is 1. The summed E-state index contributed by atoms with van der Waals surface area (Å²) in [6.07, 6.45) is 7.48. The van der Waals surface area contributed by atoms with E-state index in [1.165, 1.54) is 0 Å². The highest BCUT2D eigenvalue weighted by Crippen LogP contribution is 2.28. The molecule has 0 unspecified atom stereocenters. The fourth-order valence-electron chi connectivity index (χ4n) is 3.62. The fourth-order valence-corrected chi connectivity index (χ4v) is 3.62. The second-order valence-electron chi connectivity index (χ2n) is 6.97. The standard InChI is InChI=1S/C22H15N7/c1-13-12-29-20(26-13)7-6-19(28-29)16-10-25-22-17(16)11-24-21(27-22)15-4-5-18-14(9-15)3-2-8-23-18/h2-12H,1H3,(H,24,25,27). The Labute approximate surface area is 165 Å². The quantitative estimate of drug-likeness (QED) is 0.489. The number of nitrogens with zero attached hydrogens (tertiary/aromatic N) is 6. The predicted molar refractivity (Wildman–Crippen MR) is 111 cm³/mol. The number of hydrogen-bond donors (Lipinski definition) is 1. The number of imidazole rings is 1. The van der Waals surface area contributed by atoms with Gasteiger partial charge < -0.3 is 4.98 Å². The molecule has 7 heteroatoms. The Morgan fingerprint density at radius 2 is 1.97 bits per heavy atom. The molecule has 0 fully saturated rings. The maximum Gasteiger partial charge on any atom is 0.161 e. The molecular formula is C22H15N7. The molecule has 0 amide bonds. The van der Waals surface area contributed by atoms with Crippen LogP contribution < -0.4 is 0 Å². The highest BCUT2D eigenvalue weighted by Gasteiger charge is 2.12. The lowest BCUT2D eigenvalue weighted by atomic mass is 10.1. The van der Waals surface area contributed by atoms with Crippen molar-refractivity contribution in [1.82, 2.24) is 34.5 Å². The molecule has 0 aliphatic carbocycles. The lowest BCUT2D eigenvalue weighted by Gasteiger charge is -2.03. The lowest BCUT2D eigenvalue weighted by Crippen LogP contribution is -1.93. The summed E-state index contributed by atoms with van der Waals surface area (Å²) in [5, 5.41) is 6.67. The Hall–Kier alpha value is -4.13. The number of H-pyrrole nitrogens is 1. The summed E-state index contributed by atoms with van der Waals surface area (Å²) in [4.78, 5) is 21.4. The third kappa shape index (κ3) is 2.55. The van der Waals surface area contributed by atoms with Gasteiger partial charge in [-0.1, -0.05) is 6.07 Å². The summed E-state index contributed by atoms with van der Waals surface area (Å²) >= 11 is 0. The first-order valence-electron chi connectivity index (χ1n) is 9.27. The Morgan fingerprint density at radius 3 is 2.93 bits per heavy atom. The van der Waals surface area contributed by atoms with Gasteiger partial charge in [0.15, 0.2) is 11.5 Å². The van der Waals surface area contributed by atoms with Gasteiger partial charge in [-0.3, -0.25) is 4.98 Å². The van der Waals surface area contributed by atoms with Gasteiger partial charge in [0.05, 0.1) is 23.1 Å². The highest BCUT2D eigenvalue weighted by molar-refractivity contribution is 5.93. The maximum absolute atomic E-state index is 4.73. The number of pyridine rings is 1. The van der Waals surface area contributed by atoms with Crippen molar-refractivity contribution >= 4 is 27.6 Å². The van der Waals surface area contributed by atoms with Crippen LogP contribution in [-0.2, 0) is 0 Å².